The van der Waals surface area contributed by atoms with Gasteiger partial charge in [-0.15, -0.1) is 0 Å². The molecule has 1 aliphatic rings. The first-order chi connectivity index (χ1) is 13.2. The van der Waals surface area contributed by atoms with Crippen LogP contribution in [0, 0.1) is 0 Å². The molecule has 2 N–H and O–H groups in total. The summed E-state index contributed by atoms with van der Waals surface area (Å²) in [5.41, 5.74) is 1.91. The van der Waals surface area contributed by atoms with Crippen molar-refractivity contribution in [2.24, 2.45) is 0 Å². The third-order valence-electron chi connectivity index (χ3n) is 4.82. The molecule has 0 radical (unpaired) electrons. The van der Waals surface area contributed by atoms with Crippen molar-refractivity contribution in [3.05, 3.63) is 48.4 Å². The fourth-order valence-electron chi connectivity index (χ4n) is 3.25. The Bertz CT molecular complexity index is 870. The molecule has 0 aliphatic carbocycles. The molecule has 0 unspecified atom stereocenters. The molecule has 1 saturated heterocycles. The van der Waals surface area contributed by atoms with E-state index in [1.165, 1.54) is 0 Å². The lowest BCUT2D eigenvalue weighted by Crippen LogP contribution is -2.44. The molecule has 3 aromatic rings. The summed E-state index contributed by atoms with van der Waals surface area (Å²) in [6.07, 6.45) is 6.94. The number of aromatic nitrogens is 5. The number of nitrogens with one attached hydrogen (secondary N) is 2. The van der Waals surface area contributed by atoms with Gasteiger partial charge in [0.25, 0.3) is 0 Å². The van der Waals surface area contributed by atoms with Crippen LogP contribution in [-0.2, 0) is 0 Å². The first-order valence-electron chi connectivity index (χ1n) is 8.99. The Hall–Kier alpha value is -3.23. The number of amides is 2. The van der Waals surface area contributed by atoms with Gasteiger partial charge in [0.15, 0.2) is 0 Å². The zero-order valence-corrected chi connectivity index (χ0v) is 15.0. The van der Waals surface area contributed by atoms with E-state index in [-0.39, 0.29) is 12.1 Å². The molecule has 9 nitrogen and oxygen atoms in total. The lowest BCUT2D eigenvalue weighted by Gasteiger charge is -2.32. The van der Waals surface area contributed by atoms with E-state index in [0.29, 0.717) is 30.7 Å². The van der Waals surface area contributed by atoms with Crippen LogP contribution in [0.1, 0.15) is 43.3 Å². The third-order valence-corrected chi connectivity index (χ3v) is 4.82. The number of likely N-dealkylation sites (tertiary alicyclic amines) is 1. The van der Waals surface area contributed by atoms with Crippen molar-refractivity contribution in [3.63, 3.8) is 0 Å². The summed E-state index contributed by atoms with van der Waals surface area (Å²) in [5, 5.41) is 13.9. The molecular weight excluding hydrogens is 346 g/mol. The average Bonchev–Trinajstić information content (AvgIpc) is 3.41. The number of aromatic amines is 1. The molecule has 1 fully saturated rings. The average molecular weight is 367 g/mol. The van der Waals surface area contributed by atoms with E-state index in [2.05, 4.69) is 30.6 Å². The minimum absolute atomic E-state index is 0.119. The maximum atomic E-state index is 12.5. The van der Waals surface area contributed by atoms with E-state index in [4.69, 9.17) is 4.52 Å². The van der Waals surface area contributed by atoms with Crippen LogP contribution in [0.25, 0.3) is 11.4 Å². The molecule has 140 valence electrons. The van der Waals surface area contributed by atoms with Crippen molar-refractivity contribution >= 4 is 6.03 Å². The number of hydrogen-bond donors (Lipinski definition) is 2. The van der Waals surface area contributed by atoms with E-state index in [1.54, 1.807) is 18.6 Å². The molecule has 0 spiro atoms. The first kappa shape index (κ1) is 17.2. The summed E-state index contributed by atoms with van der Waals surface area (Å²) in [5.74, 6) is 1.25. The van der Waals surface area contributed by atoms with Crippen LogP contribution in [0.4, 0.5) is 4.79 Å². The number of rotatable bonds is 4. The zero-order chi connectivity index (χ0) is 18.6. The number of H-pyrrole nitrogens is 1. The van der Waals surface area contributed by atoms with Gasteiger partial charge in [-0.25, -0.2) is 4.79 Å². The van der Waals surface area contributed by atoms with Crippen LogP contribution < -0.4 is 5.32 Å². The lowest BCUT2D eigenvalue weighted by molar-refractivity contribution is 0.175. The predicted octanol–water partition coefficient (Wildman–Crippen LogP) is 2.50. The minimum Gasteiger partial charge on any atom is -0.337 e. The second-order valence-corrected chi connectivity index (χ2v) is 6.64. The van der Waals surface area contributed by atoms with Crippen LogP contribution >= 0.6 is 0 Å². The third kappa shape index (κ3) is 3.81. The molecule has 9 heteroatoms. The number of piperidine rings is 1. The Morgan fingerprint density at radius 1 is 1.33 bits per heavy atom. The number of carbonyl (C=O) groups excluding carboxylic acids is 1. The van der Waals surface area contributed by atoms with Crippen molar-refractivity contribution in [3.8, 4) is 11.4 Å². The highest BCUT2D eigenvalue weighted by Gasteiger charge is 2.26. The Morgan fingerprint density at radius 2 is 2.19 bits per heavy atom. The van der Waals surface area contributed by atoms with Gasteiger partial charge in [0, 0.05) is 48.9 Å². The Morgan fingerprint density at radius 3 is 2.89 bits per heavy atom. The summed E-state index contributed by atoms with van der Waals surface area (Å²) in [4.78, 5) is 22.8. The van der Waals surface area contributed by atoms with Crippen LogP contribution in [0.5, 0.6) is 0 Å². The summed E-state index contributed by atoms with van der Waals surface area (Å²) < 4.78 is 5.30. The second-order valence-electron chi connectivity index (χ2n) is 6.64. The van der Waals surface area contributed by atoms with Crippen molar-refractivity contribution in [2.75, 3.05) is 13.1 Å². The number of pyridine rings is 1. The fraction of sp³-hybridized carbons (Fsp3) is 0.389. The number of nitrogens with zero attached hydrogens (tertiary/aromatic N) is 5. The normalized spacial score (nSPS) is 16.3. The second kappa shape index (κ2) is 7.56. The Balaban J connectivity index is 1.33. The zero-order valence-electron chi connectivity index (χ0n) is 15.0. The molecule has 4 rings (SSSR count). The van der Waals surface area contributed by atoms with Crippen molar-refractivity contribution in [1.82, 2.24) is 35.5 Å². The number of hydrogen-bond acceptors (Lipinski definition) is 6. The molecule has 4 heterocycles. The van der Waals surface area contributed by atoms with Gasteiger partial charge >= 0.3 is 6.03 Å². The smallest absolute Gasteiger partial charge is 0.318 e. The maximum Gasteiger partial charge on any atom is 0.318 e. The van der Waals surface area contributed by atoms with Crippen LogP contribution in [0.15, 0.2) is 41.3 Å². The Labute approximate surface area is 156 Å². The Kier molecular flexibility index (Phi) is 4.82. The van der Waals surface area contributed by atoms with E-state index in [0.717, 1.165) is 24.1 Å². The summed E-state index contributed by atoms with van der Waals surface area (Å²) in [6, 6.07) is 5.17. The van der Waals surface area contributed by atoms with E-state index in [1.807, 2.05) is 30.0 Å². The minimum atomic E-state index is -0.374. The maximum absolute atomic E-state index is 12.5. The van der Waals surface area contributed by atoms with Gasteiger partial charge in [-0.2, -0.15) is 10.1 Å². The molecule has 0 saturated carbocycles. The topological polar surface area (TPSA) is 113 Å². The molecule has 1 atom stereocenters. The summed E-state index contributed by atoms with van der Waals surface area (Å²) >= 11 is 0. The molecular formula is C18H21N7O2. The van der Waals surface area contributed by atoms with Gasteiger partial charge in [0.2, 0.25) is 11.7 Å². The molecule has 1 aliphatic heterocycles. The summed E-state index contributed by atoms with van der Waals surface area (Å²) in [7, 11) is 0. The largest absolute Gasteiger partial charge is 0.337 e. The molecule has 0 bridgehead atoms. The van der Waals surface area contributed by atoms with E-state index >= 15 is 0 Å². The SMILES string of the molecule is C[C@H](NC(=O)N1CCC(c2ccn[nH]2)CC1)c1nc(-c2cccnc2)no1. The standard InChI is InChI=1S/C18H21N7O2/c1-12(17-22-16(24-27-17)14-3-2-7-19-11-14)21-18(26)25-9-5-13(6-10-25)15-4-8-20-23-15/h2-4,7-8,11-13H,5-6,9-10H2,1H3,(H,20,23)(H,21,26)/t12-/m0/s1. The van der Waals surface area contributed by atoms with Gasteiger partial charge in [-0.05, 0) is 38.0 Å². The van der Waals surface area contributed by atoms with Crippen molar-refractivity contribution in [2.45, 2.75) is 31.7 Å². The van der Waals surface area contributed by atoms with Gasteiger partial charge < -0.3 is 14.7 Å². The van der Waals surface area contributed by atoms with Gasteiger partial charge in [-0.1, -0.05) is 5.16 Å². The fourth-order valence-corrected chi connectivity index (χ4v) is 3.25. The molecule has 2 amide bonds. The van der Waals surface area contributed by atoms with Gasteiger partial charge in [0.1, 0.15) is 6.04 Å². The highest BCUT2D eigenvalue weighted by molar-refractivity contribution is 5.74. The van der Waals surface area contributed by atoms with Crippen LogP contribution in [-0.4, -0.2) is 49.3 Å². The van der Waals surface area contributed by atoms with Gasteiger partial charge in [0.05, 0.1) is 0 Å². The van der Waals surface area contributed by atoms with Crippen LogP contribution in [0.3, 0.4) is 0 Å². The van der Waals surface area contributed by atoms with E-state index < -0.39 is 0 Å². The highest BCUT2D eigenvalue weighted by atomic mass is 16.5. The highest BCUT2D eigenvalue weighted by Crippen LogP contribution is 2.26. The van der Waals surface area contributed by atoms with E-state index in [9.17, 15) is 4.79 Å². The monoisotopic (exact) mass is 367 g/mol. The number of urea groups is 1. The predicted molar refractivity (Wildman–Crippen MR) is 96.6 cm³/mol. The first-order valence-corrected chi connectivity index (χ1v) is 8.99. The lowest BCUT2D eigenvalue weighted by atomic mass is 9.94. The molecule has 27 heavy (non-hydrogen) atoms. The molecule has 0 aromatic carbocycles. The summed E-state index contributed by atoms with van der Waals surface area (Å²) in [6.45, 7) is 3.23. The molecule has 3 aromatic heterocycles. The quantitative estimate of drug-likeness (QED) is 0.732. The van der Waals surface area contributed by atoms with Gasteiger partial charge in [-0.3, -0.25) is 10.1 Å². The number of carbonyl (C=O) groups is 1. The van der Waals surface area contributed by atoms with Crippen molar-refractivity contribution in [1.29, 1.82) is 0 Å². The van der Waals surface area contributed by atoms with Crippen LogP contribution in [0.2, 0.25) is 0 Å². The van der Waals surface area contributed by atoms with Crippen molar-refractivity contribution < 1.29 is 9.32 Å².